The van der Waals surface area contributed by atoms with Crippen LogP contribution in [0.1, 0.15) is 207 Å². The third kappa shape index (κ3) is 36.1. The van der Waals surface area contributed by atoms with E-state index < -0.39 is 0 Å². The fraction of sp³-hybridized carbons (Fsp3) is 0.864. The Morgan fingerprint density at radius 2 is 0.960 bits per heavy atom. The summed E-state index contributed by atoms with van der Waals surface area (Å²) in [5, 5.41) is 9.53. The van der Waals surface area contributed by atoms with Gasteiger partial charge in [-0.3, -0.25) is 9.59 Å². The zero-order valence-electron chi connectivity index (χ0n) is 33.5. The Morgan fingerprint density at radius 1 is 0.520 bits per heavy atom. The second-order valence-corrected chi connectivity index (χ2v) is 14.4. The summed E-state index contributed by atoms with van der Waals surface area (Å²) in [6, 6.07) is 0. The smallest absolute Gasteiger partial charge is 0.306 e. The number of nitrogens with zero attached hydrogens (tertiary/aromatic N) is 1. The van der Waals surface area contributed by atoms with Crippen LogP contribution in [0.2, 0.25) is 0 Å². The van der Waals surface area contributed by atoms with Crippen LogP contribution in [-0.4, -0.2) is 60.9 Å². The largest absolute Gasteiger partial charge is 0.466 e. The minimum atomic E-state index is -0.0352. The van der Waals surface area contributed by atoms with Crippen LogP contribution in [0, 0.1) is 0 Å². The maximum Gasteiger partial charge on any atom is 0.306 e. The first-order valence-electron chi connectivity index (χ1n) is 21.6. The molecule has 6 heteroatoms. The van der Waals surface area contributed by atoms with E-state index in [2.05, 4.69) is 50.0 Å². The topological polar surface area (TPSA) is 76.1 Å². The third-order valence-electron chi connectivity index (χ3n) is 9.53. The van der Waals surface area contributed by atoms with Crippen molar-refractivity contribution in [3.05, 3.63) is 24.3 Å². The molecule has 0 aliphatic carbocycles. The Kier molecular flexibility index (Phi) is 38.8. The summed E-state index contributed by atoms with van der Waals surface area (Å²) in [5.74, 6) is -0.0696. The lowest BCUT2D eigenvalue weighted by molar-refractivity contribution is -0.150. The zero-order valence-corrected chi connectivity index (χ0v) is 33.5. The number of hydrogen-bond acceptors (Lipinski definition) is 6. The lowest BCUT2D eigenvalue weighted by atomic mass is 10.1. The van der Waals surface area contributed by atoms with Crippen molar-refractivity contribution in [2.75, 3.05) is 32.8 Å². The fourth-order valence-corrected chi connectivity index (χ4v) is 6.25. The first kappa shape index (κ1) is 48.3. The highest BCUT2D eigenvalue weighted by Gasteiger charge is 2.13. The molecule has 0 aliphatic heterocycles. The van der Waals surface area contributed by atoms with E-state index in [9.17, 15) is 14.7 Å². The standard InChI is InChI=1S/C44H83NO5/c1-4-7-10-13-16-25-32-41-49-43(47)35-28-21-17-23-30-37-45(39-40-46)38-31-24-18-22-29-36-44(48)50-42(33-26-19-14-11-8-5-2)34-27-20-15-12-9-6-3/h14-15,19-20,42,46H,4-13,16-18,21-41H2,1-3H3/b19-14+,20-15+. The number of ether oxygens (including phenoxy) is 2. The Morgan fingerprint density at radius 3 is 1.48 bits per heavy atom. The van der Waals surface area contributed by atoms with Crippen LogP contribution in [0.15, 0.2) is 24.3 Å². The highest BCUT2D eigenvalue weighted by Crippen LogP contribution is 2.15. The van der Waals surface area contributed by atoms with Gasteiger partial charge >= 0.3 is 11.9 Å². The van der Waals surface area contributed by atoms with Crippen molar-refractivity contribution in [3.8, 4) is 0 Å². The zero-order chi connectivity index (χ0) is 36.6. The van der Waals surface area contributed by atoms with Gasteiger partial charge in [0.05, 0.1) is 13.2 Å². The monoisotopic (exact) mass is 706 g/mol. The van der Waals surface area contributed by atoms with E-state index in [1.165, 1.54) is 64.2 Å². The van der Waals surface area contributed by atoms with Crippen LogP contribution >= 0.6 is 0 Å². The summed E-state index contributed by atoms with van der Waals surface area (Å²) < 4.78 is 11.3. The van der Waals surface area contributed by atoms with Crippen LogP contribution in [-0.2, 0) is 19.1 Å². The van der Waals surface area contributed by atoms with Crippen molar-refractivity contribution in [3.63, 3.8) is 0 Å². The predicted octanol–water partition coefficient (Wildman–Crippen LogP) is 12.2. The summed E-state index contributed by atoms with van der Waals surface area (Å²) in [6.07, 6.45) is 40.6. The van der Waals surface area contributed by atoms with Crippen LogP contribution < -0.4 is 0 Å². The van der Waals surface area contributed by atoms with Gasteiger partial charge in [-0.2, -0.15) is 0 Å². The van der Waals surface area contributed by atoms with Gasteiger partial charge in [0.2, 0.25) is 0 Å². The van der Waals surface area contributed by atoms with Crippen molar-refractivity contribution in [1.82, 2.24) is 4.90 Å². The molecule has 0 bridgehead atoms. The number of allylic oxidation sites excluding steroid dienone is 4. The molecule has 0 aromatic heterocycles. The van der Waals surface area contributed by atoms with Gasteiger partial charge in [-0.25, -0.2) is 0 Å². The Balaban J connectivity index is 3.99. The van der Waals surface area contributed by atoms with Gasteiger partial charge in [0, 0.05) is 19.4 Å². The van der Waals surface area contributed by atoms with Crippen LogP contribution in [0.25, 0.3) is 0 Å². The molecule has 0 aromatic carbocycles. The Bertz CT molecular complexity index is 760. The minimum absolute atomic E-state index is 0.0137. The molecule has 6 nitrogen and oxygen atoms in total. The first-order valence-corrected chi connectivity index (χ1v) is 21.6. The van der Waals surface area contributed by atoms with E-state index in [0.29, 0.717) is 19.4 Å². The minimum Gasteiger partial charge on any atom is -0.466 e. The number of carbonyl (C=O) groups is 2. The number of carbonyl (C=O) groups excluding carboxylic acids is 2. The summed E-state index contributed by atoms with van der Waals surface area (Å²) >= 11 is 0. The molecule has 0 rings (SSSR count). The van der Waals surface area contributed by atoms with Gasteiger partial charge in [0.1, 0.15) is 6.10 Å². The van der Waals surface area contributed by atoms with Crippen molar-refractivity contribution in [2.45, 2.75) is 213 Å². The van der Waals surface area contributed by atoms with Crippen molar-refractivity contribution < 1.29 is 24.2 Å². The summed E-state index contributed by atoms with van der Waals surface area (Å²) in [7, 11) is 0. The molecule has 0 aromatic rings. The van der Waals surface area contributed by atoms with E-state index in [0.717, 1.165) is 129 Å². The number of aliphatic hydroxyl groups is 1. The Hall–Kier alpha value is -1.66. The van der Waals surface area contributed by atoms with Gasteiger partial charge in [0.15, 0.2) is 0 Å². The first-order chi connectivity index (χ1) is 24.6. The molecule has 0 unspecified atom stereocenters. The summed E-state index contributed by atoms with van der Waals surface area (Å²) in [6.45, 7) is 10.2. The van der Waals surface area contributed by atoms with Gasteiger partial charge in [-0.05, 0) is 83.7 Å². The van der Waals surface area contributed by atoms with Crippen molar-refractivity contribution >= 4 is 11.9 Å². The molecule has 0 amide bonds. The molecular formula is C44H83NO5. The molecule has 0 spiro atoms. The van der Waals surface area contributed by atoms with E-state index in [4.69, 9.17) is 9.47 Å². The SMILES string of the molecule is CCCC/C=C/CCC(CC/C=C/CCCC)OC(=O)CCCCCCCN(CCO)CCCCCCCC(=O)OCCCCCCCCC. The highest BCUT2D eigenvalue weighted by molar-refractivity contribution is 5.69. The normalized spacial score (nSPS) is 11.9. The average Bonchev–Trinajstić information content (AvgIpc) is 3.11. The molecule has 0 heterocycles. The van der Waals surface area contributed by atoms with E-state index in [-0.39, 0.29) is 24.6 Å². The maximum absolute atomic E-state index is 12.6. The van der Waals surface area contributed by atoms with Crippen molar-refractivity contribution in [2.24, 2.45) is 0 Å². The van der Waals surface area contributed by atoms with E-state index >= 15 is 0 Å². The predicted molar refractivity (Wildman–Crippen MR) is 214 cm³/mol. The lowest BCUT2D eigenvalue weighted by Gasteiger charge is -2.21. The van der Waals surface area contributed by atoms with E-state index in [1.54, 1.807) is 0 Å². The second kappa shape index (κ2) is 40.1. The average molecular weight is 706 g/mol. The number of esters is 2. The van der Waals surface area contributed by atoms with Crippen LogP contribution in [0.3, 0.4) is 0 Å². The van der Waals surface area contributed by atoms with Crippen molar-refractivity contribution in [1.29, 1.82) is 0 Å². The molecule has 0 saturated carbocycles. The quantitative estimate of drug-likeness (QED) is 0.0390. The number of aliphatic hydroxyl groups excluding tert-OH is 1. The highest BCUT2D eigenvalue weighted by atomic mass is 16.5. The molecule has 50 heavy (non-hydrogen) atoms. The number of rotatable bonds is 39. The summed E-state index contributed by atoms with van der Waals surface area (Å²) in [5.41, 5.74) is 0. The molecule has 294 valence electrons. The molecular weight excluding hydrogens is 622 g/mol. The number of hydrogen-bond donors (Lipinski definition) is 1. The maximum atomic E-state index is 12.6. The molecule has 0 atom stereocenters. The second-order valence-electron chi connectivity index (χ2n) is 14.4. The van der Waals surface area contributed by atoms with Gasteiger partial charge in [-0.1, -0.05) is 148 Å². The number of unbranched alkanes of at least 4 members (excludes halogenated alkanes) is 18. The van der Waals surface area contributed by atoms with Crippen LogP contribution in [0.5, 0.6) is 0 Å². The van der Waals surface area contributed by atoms with E-state index in [1.807, 2.05) is 0 Å². The Labute approximate surface area is 310 Å². The molecule has 0 fully saturated rings. The van der Waals surface area contributed by atoms with Gasteiger partial charge in [0.25, 0.3) is 0 Å². The molecule has 1 N–H and O–H groups in total. The molecule has 0 saturated heterocycles. The van der Waals surface area contributed by atoms with Gasteiger partial charge < -0.3 is 19.5 Å². The lowest BCUT2D eigenvalue weighted by Crippen LogP contribution is -2.29. The fourth-order valence-electron chi connectivity index (χ4n) is 6.25. The summed E-state index contributed by atoms with van der Waals surface area (Å²) in [4.78, 5) is 27.0. The molecule has 0 radical (unpaired) electrons. The molecule has 0 aliphatic rings. The van der Waals surface area contributed by atoms with Gasteiger partial charge in [-0.15, -0.1) is 0 Å². The van der Waals surface area contributed by atoms with Crippen LogP contribution in [0.4, 0.5) is 0 Å². The third-order valence-corrected chi connectivity index (χ3v) is 9.53.